The number of carbonyl (C=O) groups excluding carboxylic acids is 1. The monoisotopic (exact) mass is 275 g/mol. The highest BCUT2D eigenvalue weighted by Crippen LogP contribution is 2.42. The van der Waals surface area contributed by atoms with Gasteiger partial charge in [-0.05, 0) is 10.9 Å². The van der Waals surface area contributed by atoms with Gasteiger partial charge in [-0.2, -0.15) is 0 Å². The molecule has 19 heavy (non-hydrogen) atoms. The van der Waals surface area contributed by atoms with E-state index in [1.165, 1.54) is 12.5 Å². The second kappa shape index (κ2) is 4.74. The zero-order chi connectivity index (χ0) is 13.4. The van der Waals surface area contributed by atoms with E-state index in [-0.39, 0.29) is 5.97 Å². The lowest BCUT2D eigenvalue weighted by Gasteiger charge is -2.13. The van der Waals surface area contributed by atoms with Gasteiger partial charge in [0.15, 0.2) is 0 Å². The molecule has 4 heteroatoms. The summed E-state index contributed by atoms with van der Waals surface area (Å²) in [5.74, 6) is 1.17. The molecule has 98 valence electrons. The molecule has 2 aromatic carbocycles. The number of nitrogens with one attached hydrogen (secondary N) is 1. The van der Waals surface area contributed by atoms with Gasteiger partial charge >= 0.3 is 5.97 Å². The predicted octanol–water partition coefficient (Wildman–Crippen LogP) is 3.51. The average molecular weight is 276 g/mol. The number of benzene rings is 2. The van der Waals surface area contributed by atoms with E-state index in [2.05, 4.69) is 5.32 Å². The number of carbonyl (C=O) groups is 1. The lowest BCUT2D eigenvalue weighted by atomic mass is 9.95. The third-order valence-electron chi connectivity index (χ3n) is 3.44. The molecule has 1 heterocycles. The van der Waals surface area contributed by atoms with Crippen molar-refractivity contribution in [1.82, 2.24) is 0 Å². The molecule has 0 radical (unpaired) electrons. The molecule has 1 N–H and O–H groups in total. The maximum Gasteiger partial charge on any atom is 0.308 e. The molecule has 0 saturated carbocycles. The Morgan fingerprint density at radius 2 is 2.16 bits per heavy atom. The van der Waals surface area contributed by atoms with Gasteiger partial charge in [0.05, 0.1) is 0 Å². The minimum absolute atomic E-state index is 0.299. The summed E-state index contributed by atoms with van der Waals surface area (Å²) in [5.41, 5.74) is 2.24. The van der Waals surface area contributed by atoms with E-state index in [9.17, 15) is 4.79 Å². The molecule has 1 aliphatic rings. The first-order valence-corrected chi connectivity index (χ1v) is 6.78. The van der Waals surface area contributed by atoms with E-state index in [4.69, 9.17) is 16.3 Å². The molecule has 0 unspecified atom stereocenters. The van der Waals surface area contributed by atoms with E-state index in [1.807, 2.05) is 30.3 Å². The number of hydrogen-bond donors (Lipinski definition) is 1. The third-order valence-corrected chi connectivity index (χ3v) is 3.81. The molecular formula is C15H14ClNO2. The van der Waals surface area contributed by atoms with E-state index < -0.39 is 0 Å². The van der Waals surface area contributed by atoms with Crippen LogP contribution in [0.1, 0.15) is 18.4 Å². The summed E-state index contributed by atoms with van der Waals surface area (Å²) in [5, 5.41) is 5.39. The summed E-state index contributed by atoms with van der Waals surface area (Å²) >= 11 is 6.03. The largest absolute Gasteiger partial charge is 0.426 e. The van der Waals surface area contributed by atoms with E-state index in [0.717, 1.165) is 23.0 Å². The Labute approximate surface area is 116 Å². The number of halogens is 1. The van der Waals surface area contributed by atoms with Crippen LogP contribution in [0.4, 0.5) is 5.69 Å². The predicted molar refractivity (Wildman–Crippen MR) is 77.2 cm³/mol. The average Bonchev–Trinajstić information content (AvgIpc) is 2.81. The molecule has 3 rings (SSSR count). The standard InChI is InChI=1S/C15H14ClNO2/c1-9(18)19-14-6-13-15(10(7-16)8-17-13)12-5-3-2-4-11(12)14/h2-6,10,17H,7-8H2,1H3/t10-/m1/s1. The summed E-state index contributed by atoms with van der Waals surface area (Å²) in [6.07, 6.45) is 0. The Hall–Kier alpha value is -1.74. The molecule has 0 bridgehead atoms. The van der Waals surface area contributed by atoms with Crippen molar-refractivity contribution in [2.45, 2.75) is 12.8 Å². The molecule has 2 aromatic rings. The number of rotatable bonds is 2. The number of fused-ring (bicyclic) bond motifs is 3. The van der Waals surface area contributed by atoms with Gasteiger partial charge in [-0.25, -0.2) is 0 Å². The van der Waals surface area contributed by atoms with Crippen LogP contribution in [0.5, 0.6) is 5.75 Å². The van der Waals surface area contributed by atoms with Crippen molar-refractivity contribution < 1.29 is 9.53 Å². The lowest BCUT2D eigenvalue weighted by molar-refractivity contribution is -0.131. The number of hydrogen-bond acceptors (Lipinski definition) is 3. The Balaban J connectivity index is 2.26. The van der Waals surface area contributed by atoms with Crippen LogP contribution in [-0.4, -0.2) is 18.4 Å². The normalized spacial score (nSPS) is 17.1. The molecule has 0 spiro atoms. The number of esters is 1. The molecule has 1 aliphatic heterocycles. The van der Waals surface area contributed by atoms with Crippen molar-refractivity contribution in [3.63, 3.8) is 0 Å². The summed E-state index contributed by atoms with van der Waals surface area (Å²) in [4.78, 5) is 11.2. The van der Waals surface area contributed by atoms with E-state index >= 15 is 0 Å². The highest BCUT2D eigenvalue weighted by atomic mass is 35.5. The van der Waals surface area contributed by atoms with Crippen molar-refractivity contribution in [3.8, 4) is 5.75 Å². The molecular weight excluding hydrogens is 262 g/mol. The Morgan fingerprint density at radius 3 is 2.84 bits per heavy atom. The van der Waals surface area contributed by atoms with Gasteiger partial charge in [0.1, 0.15) is 5.75 Å². The zero-order valence-electron chi connectivity index (χ0n) is 10.6. The fraction of sp³-hybridized carbons (Fsp3) is 0.267. The minimum Gasteiger partial charge on any atom is -0.426 e. The maximum atomic E-state index is 11.2. The first-order chi connectivity index (χ1) is 9.20. The highest BCUT2D eigenvalue weighted by molar-refractivity contribution is 6.18. The topological polar surface area (TPSA) is 38.3 Å². The number of alkyl halides is 1. The van der Waals surface area contributed by atoms with Crippen LogP contribution in [0.3, 0.4) is 0 Å². The van der Waals surface area contributed by atoms with Crippen molar-refractivity contribution in [2.75, 3.05) is 17.7 Å². The molecule has 0 aromatic heterocycles. The second-order valence-electron chi connectivity index (χ2n) is 4.71. The molecule has 0 fully saturated rings. The first kappa shape index (κ1) is 12.3. The van der Waals surface area contributed by atoms with E-state index in [0.29, 0.717) is 17.5 Å². The minimum atomic E-state index is -0.308. The maximum absolute atomic E-state index is 11.2. The van der Waals surface area contributed by atoms with Gasteiger partial charge in [0.2, 0.25) is 0 Å². The van der Waals surface area contributed by atoms with Crippen molar-refractivity contribution in [1.29, 1.82) is 0 Å². The summed E-state index contributed by atoms with van der Waals surface area (Å²) < 4.78 is 5.31. The van der Waals surface area contributed by atoms with Gasteiger partial charge in [0.25, 0.3) is 0 Å². The Bertz CT molecular complexity index is 654. The SMILES string of the molecule is CC(=O)Oc1cc2c(c3ccccc13)[C@H](CCl)CN2. The fourth-order valence-electron chi connectivity index (χ4n) is 2.66. The fourth-order valence-corrected chi connectivity index (χ4v) is 2.92. The van der Waals surface area contributed by atoms with Crippen LogP contribution in [0.15, 0.2) is 30.3 Å². The van der Waals surface area contributed by atoms with Gasteiger partial charge in [-0.3, -0.25) is 4.79 Å². The summed E-state index contributed by atoms with van der Waals surface area (Å²) in [7, 11) is 0. The quantitative estimate of drug-likeness (QED) is 0.518. The number of ether oxygens (including phenoxy) is 1. The zero-order valence-corrected chi connectivity index (χ0v) is 11.3. The van der Waals surface area contributed by atoms with Crippen LogP contribution in [0, 0.1) is 0 Å². The van der Waals surface area contributed by atoms with Gasteiger partial charge < -0.3 is 10.1 Å². The Morgan fingerprint density at radius 1 is 1.42 bits per heavy atom. The molecule has 0 saturated heterocycles. The lowest BCUT2D eigenvalue weighted by Crippen LogP contribution is -2.03. The first-order valence-electron chi connectivity index (χ1n) is 6.24. The molecule has 0 aliphatic carbocycles. The highest BCUT2D eigenvalue weighted by Gasteiger charge is 2.25. The van der Waals surface area contributed by atoms with Crippen molar-refractivity contribution in [3.05, 3.63) is 35.9 Å². The Kier molecular flexibility index (Phi) is 3.07. The van der Waals surface area contributed by atoms with Crippen molar-refractivity contribution >= 4 is 34.0 Å². The third kappa shape index (κ3) is 2.04. The molecule has 0 amide bonds. The van der Waals surface area contributed by atoms with Crippen LogP contribution < -0.4 is 10.1 Å². The van der Waals surface area contributed by atoms with E-state index in [1.54, 1.807) is 0 Å². The van der Waals surface area contributed by atoms with Crippen molar-refractivity contribution in [2.24, 2.45) is 0 Å². The molecule has 3 nitrogen and oxygen atoms in total. The van der Waals surface area contributed by atoms with Crippen LogP contribution in [0.2, 0.25) is 0 Å². The van der Waals surface area contributed by atoms with Crippen LogP contribution in [-0.2, 0) is 4.79 Å². The summed E-state index contributed by atoms with van der Waals surface area (Å²) in [6, 6.07) is 9.85. The number of anilines is 1. The second-order valence-corrected chi connectivity index (χ2v) is 5.02. The molecule has 1 atom stereocenters. The van der Waals surface area contributed by atoms with Gasteiger partial charge in [-0.15, -0.1) is 11.6 Å². The van der Waals surface area contributed by atoms with Crippen LogP contribution in [0.25, 0.3) is 10.8 Å². The smallest absolute Gasteiger partial charge is 0.308 e. The van der Waals surface area contributed by atoms with Gasteiger partial charge in [-0.1, -0.05) is 24.3 Å². The summed E-state index contributed by atoms with van der Waals surface area (Å²) in [6.45, 7) is 2.24. The van der Waals surface area contributed by atoms with Gasteiger partial charge in [0, 0.05) is 42.4 Å². The van der Waals surface area contributed by atoms with Crippen LogP contribution >= 0.6 is 11.6 Å².